The number of nitrogens with zero attached hydrogens (tertiary/aromatic N) is 1. The molecule has 166 valence electrons. The normalized spacial score (nSPS) is 10.9. The van der Waals surface area contributed by atoms with E-state index < -0.39 is 24.0 Å². The number of carbonyl (C=O) groups excluding carboxylic acids is 3. The molecular weight excluding hydrogens is 417 g/mol. The lowest BCUT2D eigenvalue weighted by Gasteiger charge is -2.22. The number of anilines is 1. The van der Waals surface area contributed by atoms with Crippen LogP contribution >= 0.6 is 0 Å². The highest BCUT2D eigenvalue weighted by atomic mass is 19.4. The quantitative estimate of drug-likeness (QED) is 0.639. The van der Waals surface area contributed by atoms with Crippen LogP contribution in [0.4, 0.5) is 18.9 Å². The summed E-state index contributed by atoms with van der Waals surface area (Å²) in [6.07, 6.45) is -4.96. The van der Waals surface area contributed by atoms with Crippen molar-refractivity contribution in [1.29, 1.82) is 0 Å². The third kappa shape index (κ3) is 7.02. The highest BCUT2D eigenvalue weighted by Crippen LogP contribution is 2.21. The second-order valence-corrected chi connectivity index (χ2v) is 6.36. The van der Waals surface area contributed by atoms with E-state index in [1.807, 2.05) is 0 Å². The van der Waals surface area contributed by atoms with E-state index in [2.05, 4.69) is 10.1 Å². The zero-order valence-electron chi connectivity index (χ0n) is 16.9. The van der Waals surface area contributed by atoms with Gasteiger partial charge in [-0.15, -0.1) is 0 Å². The molecule has 2 rings (SSSR count). The smallest absolute Gasteiger partial charge is 0.471 e. The summed E-state index contributed by atoms with van der Waals surface area (Å²) < 4.78 is 47.8. The predicted molar refractivity (Wildman–Crippen MR) is 105 cm³/mol. The fourth-order valence-corrected chi connectivity index (χ4v) is 2.61. The Kier molecular flexibility index (Phi) is 8.00. The van der Waals surface area contributed by atoms with Crippen LogP contribution in [0, 0.1) is 0 Å². The number of carbonyl (C=O) groups is 3. The average molecular weight is 438 g/mol. The van der Waals surface area contributed by atoms with Gasteiger partial charge in [0.25, 0.3) is 5.91 Å². The van der Waals surface area contributed by atoms with Gasteiger partial charge in [-0.3, -0.25) is 9.59 Å². The number of rotatable bonds is 8. The Morgan fingerprint density at radius 3 is 2.42 bits per heavy atom. The van der Waals surface area contributed by atoms with Crippen molar-refractivity contribution in [3.63, 3.8) is 0 Å². The van der Waals surface area contributed by atoms with Crippen molar-refractivity contribution in [3.05, 3.63) is 59.7 Å². The number of hydrogen-bond donors (Lipinski definition) is 1. The van der Waals surface area contributed by atoms with Gasteiger partial charge in [-0.05, 0) is 42.8 Å². The van der Waals surface area contributed by atoms with Gasteiger partial charge in [0.05, 0.1) is 7.11 Å². The number of hydrogen-bond acceptors (Lipinski definition) is 5. The minimum absolute atomic E-state index is 0.118. The molecule has 7 nitrogen and oxygen atoms in total. The Morgan fingerprint density at radius 1 is 1.06 bits per heavy atom. The highest BCUT2D eigenvalue weighted by Gasteiger charge is 2.41. The molecule has 0 aromatic heterocycles. The van der Waals surface area contributed by atoms with Gasteiger partial charge in [-0.1, -0.05) is 18.2 Å². The van der Waals surface area contributed by atoms with Crippen LogP contribution in [0.25, 0.3) is 0 Å². The molecule has 0 saturated heterocycles. The van der Waals surface area contributed by atoms with Crippen molar-refractivity contribution in [1.82, 2.24) is 4.90 Å². The summed E-state index contributed by atoms with van der Waals surface area (Å²) in [7, 11) is 1.22. The molecule has 0 unspecified atom stereocenters. The molecule has 0 aliphatic carbocycles. The largest absolute Gasteiger partial charge is 0.482 e. The van der Waals surface area contributed by atoms with Crippen LogP contribution in [0.1, 0.15) is 22.8 Å². The number of amides is 2. The van der Waals surface area contributed by atoms with Gasteiger partial charge in [-0.25, -0.2) is 4.79 Å². The van der Waals surface area contributed by atoms with Crippen LogP contribution in [-0.4, -0.2) is 49.1 Å². The van der Waals surface area contributed by atoms with Gasteiger partial charge in [0, 0.05) is 24.3 Å². The van der Waals surface area contributed by atoms with E-state index in [1.54, 1.807) is 30.3 Å². The van der Waals surface area contributed by atoms with Crippen molar-refractivity contribution in [2.24, 2.45) is 0 Å². The molecule has 0 aliphatic rings. The summed E-state index contributed by atoms with van der Waals surface area (Å²) in [4.78, 5) is 35.8. The minimum atomic E-state index is -4.96. The first-order chi connectivity index (χ1) is 14.6. The number of benzene rings is 2. The third-order valence-corrected chi connectivity index (χ3v) is 4.15. The first-order valence-electron chi connectivity index (χ1n) is 9.20. The molecule has 2 aromatic carbocycles. The lowest BCUT2D eigenvalue weighted by atomic mass is 10.1. The summed E-state index contributed by atoms with van der Waals surface area (Å²) in [6.45, 7) is 0.765. The molecule has 0 spiro atoms. The van der Waals surface area contributed by atoms with Gasteiger partial charge in [0.15, 0.2) is 6.61 Å². The Hall–Kier alpha value is -3.56. The lowest BCUT2D eigenvalue weighted by Crippen LogP contribution is -2.40. The number of esters is 1. The Morgan fingerprint density at radius 2 is 1.77 bits per heavy atom. The Labute approximate surface area is 176 Å². The molecule has 0 aliphatic heterocycles. The van der Waals surface area contributed by atoms with E-state index in [4.69, 9.17) is 4.74 Å². The van der Waals surface area contributed by atoms with Crippen LogP contribution in [-0.2, 0) is 20.9 Å². The number of methoxy groups -OCH3 is 1. The zero-order valence-corrected chi connectivity index (χ0v) is 16.9. The zero-order chi connectivity index (χ0) is 23.0. The molecule has 1 N–H and O–H groups in total. The summed E-state index contributed by atoms with van der Waals surface area (Å²) in [6, 6.07) is 12.3. The molecule has 0 atom stereocenters. The highest BCUT2D eigenvalue weighted by molar-refractivity contribution is 6.04. The molecule has 31 heavy (non-hydrogen) atoms. The maximum atomic E-state index is 12.7. The molecule has 0 radical (unpaired) electrons. The van der Waals surface area contributed by atoms with Gasteiger partial charge in [0.2, 0.25) is 0 Å². The molecular formula is C21H21F3N2O5. The summed E-state index contributed by atoms with van der Waals surface area (Å²) in [5, 5.41) is 2.64. The monoisotopic (exact) mass is 438 g/mol. The summed E-state index contributed by atoms with van der Waals surface area (Å²) >= 11 is 0. The van der Waals surface area contributed by atoms with Gasteiger partial charge < -0.3 is 19.7 Å². The second kappa shape index (κ2) is 10.5. The van der Waals surface area contributed by atoms with Gasteiger partial charge in [0.1, 0.15) is 5.75 Å². The topological polar surface area (TPSA) is 84.9 Å². The fraction of sp³-hybridized carbons (Fsp3) is 0.286. The van der Waals surface area contributed by atoms with E-state index in [0.717, 1.165) is 0 Å². The van der Waals surface area contributed by atoms with E-state index in [9.17, 15) is 27.6 Å². The minimum Gasteiger partial charge on any atom is -0.482 e. The van der Waals surface area contributed by atoms with E-state index in [1.165, 1.54) is 32.2 Å². The number of alkyl halides is 3. The number of halogens is 3. The maximum Gasteiger partial charge on any atom is 0.471 e. The van der Waals surface area contributed by atoms with Crippen molar-refractivity contribution in [2.75, 3.05) is 25.6 Å². The second-order valence-electron chi connectivity index (χ2n) is 6.36. The molecule has 10 heteroatoms. The van der Waals surface area contributed by atoms with Crippen LogP contribution in [0.5, 0.6) is 5.75 Å². The SMILES string of the molecule is CCN(Cc1cccc(NC(=O)c2cccc(OCC(=O)OC)c2)c1)C(=O)C(F)(F)F. The fourth-order valence-electron chi connectivity index (χ4n) is 2.61. The predicted octanol–water partition coefficient (Wildman–Crippen LogP) is 3.40. The van der Waals surface area contributed by atoms with Gasteiger partial charge in [-0.2, -0.15) is 13.2 Å². The average Bonchev–Trinajstić information content (AvgIpc) is 2.75. The van der Waals surface area contributed by atoms with E-state index in [-0.39, 0.29) is 31.0 Å². The molecule has 0 bridgehead atoms. The lowest BCUT2D eigenvalue weighted by molar-refractivity contribution is -0.185. The standard InChI is InChI=1S/C21H21F3N2O5/c1-3-26(20(29)21(22,23)24)12-14-6-4-8-16(10-14)25-19(28)15-7-5-9-17(11-15)31-13-18(27)30-2/h4-11H,3,12-13H2,1-2H3,(H,25,28). The molecule has 0 fully saturated rings. The molecule has 2 aromatic rings. The van der Waals surface area contributed by atoms with Crippen LogP contribution < -0.4 is 10.1 Å². The maximum absolute atomic E-state index is 12.7. The van der Waals surface area contributed by atoms with Crippen molar-refractivity contribution >= 4 is 23.5 Å². The van der Waals surface area contributed by atoms with Crippen molar-refractivity contribution < 1.29 is 37.0 Å². The molecule has 0 saturated carbocycles. The van der Waals surface area contributed by atoms with Crippen LogP contribution in [0.15, 0.2) is 48.5 Å². The van der Waals surface area contributed by atoms with Gasteiger partial charge >= 0.3 is 18.1 Å². The number of nitrogens with one attached hydrogen (secondary N) is 1. The first-order valence-corrected chi connectivity index (χ1v) is 9.20. The molecule has 0 heterocycles. The van der Waals surface area contributed by atoms with Crippen molar-refractivity contribution in [3.8, 4) is 5.75 Å². The summed E-state index contributed by atoms with van der Waals surface area (Å²) in [5.74, 6) is -2.69. The Balaban J connectivity index is 2.08. The molecule has 2 amide bonds. The number of ether oxygens (including phenoxy) is 2. The van der Waals surface area contributed by atoms with Crippen LogP contribution in [0.3, 0.4) is 0 Å². The first kappa shape index (κ1) is 23.7. The van der Waals surface area contributed by atoms with E-state index in [0.29, 0.717) is 16.2 Å². The Bertz CT molecular complexity index is 947. The third-order valence-electron chi connectivity index (χ3n) is 4.15. The van der Waals surface area contributed by atoms with Crippen molar-refractivity contribution in [2.45, 2.75) is 19.6 Å². The summed E-state index contributed by atoms with van der Waals surface area (Å²) in [5.41, 5.74) is 1.02. The van der Waals surface area contributed by atoms with E-state index >= 15 is 0 Å². The van der Waals surface area contributed by atoms with Crippen LogP contribution in [0.2, 0.25) is 0 Å².